The van der Waals surface area contributed by atoms with Crippen LogP contribution in [0.2, 0.25) is 0 Å². The molecule has 1 atom stereocenters. The molecule has 0 aliphatic carbocycles. The monoisotopic (exact) mass is 128 g/mol. The van der Waals surface area contributed by atoms with E-state index in [1.807, 2.05) is 7.05 Å². The average Bonchev–Trinajstić information content (AvgIpc) is 1.88. The molecule has 0 saturated carbocycles. The zero-order valence-electron chi connectivity index (χ0n) is 6.28. The topological polar surface area (TPSA) is 35.9 Å². The predicted octanol–water partition coefficient (Wildman–Crippen LogP) is 1.27. The molecule has 0 bridgehead atoms. The highest BCUT2D eigenvalue weighted by molar-refractivity contribution is 5.56. The summed E-state index contributed by atoms with van der Waals surface area (Å²) >= 11 is 0. The van der Waals surface area contributed by atoms with Crippen molar-refractivity contribution in [3.05, 3.63) is 0 Å². The lowest BCUT2D eigenvalue weighted by molar-refractivity contribution is 0.581. The fourth-order valence-corrected chi connectivity index (χ4v) is 0.877. The molecule has 9 heavy (non-hydrogen) atoms. The molecule has 0 saturated heterocycles. The maximum absolute atomic E-state index is 7.00. The van der Waals surface area contributed by atoms with E-state index in [0.29, 0.717) is 5.92 Å². The van der Waals surface area contributed by atoms with Gasteiger partial charge in [-0.15, -0.1) is 0 Å². The minimum atomic E-state index is 0.444. The van der Waals surface area contributed by atoms with Crippen LogP contribution in [0.25, 0.3) is 0 Å². The molecule has 1 unspecified atom stereocenters. The molecule has 0 aromatic heterocycles. The van der Waals surface area contributed by atoms with Crippen LogP contribution < -0.4 is 5.32 Å². The van der Waals surface area contributed by atoms with Gasteiger partial charge in [0.25, 0.3) is 0 Å². The van der Waals surface area contributed by atoms with E-state index in [1.165, 1.54) is 12.6 Å². The van der Waals surface area contributed by atoms with Gasteiger partial charge in [-0.05, 0) is 19.7 Å². The van der Waals surface area contributed by atoms with Gasteiger partial charge >= 0.3 is 0 Å². The van der Waals surface area contributed by atoms with Gasteiger partial charge in [0.15, 0.2) is 0 Å². The minimum Gasteiger partial charge on any atom is -0.319 e. The van der Waals surface area contributed by atoms with Crippen molar-refractivity contribution in [1.29, 1.82) is 5.41 Å². The van der Waals surface area contributed by atoms with Crippen LogP contribution in [-0.4, -0.2) is 19.8 Å². The summed E-state index contributed by atoms with van der Waals surface area (Å²) in [5.74, 6) is 0.444. The van der Waals surface area contributed by atoms with Gasteiger partial charge in [0.1, 0.15) is 0 Å². The van der Waals surface area contributed by atoms with Crippen molar-refractivity contribution >= 4 is 6.21 Å². The molecule has 54 valence electrons. The fraction of sp³-hybridized carbons (Fsp3) is 0.857. The Morgan fingerprint density at radius 2 is 2.33 bits per heavy atom. The van der Waals surface area contributed by atoms with Crippen LogP contribution in [0, 0.1) is 11.3 Å². The summed E-state index contributed by atoms with van der Waals surface area (Å²) < 4.78 is 0. The summed E-state index contributed by atoms with van der Waals surface area (Å²) in [4.78, 5) is 0. The lowest BCUT2D eigenvalue weighted by Gasteiger charge is -2.07. The Kier molecular flexibility index (Phi) is 5.52. The minimum absolute atomic E-state index is 0.444. The SMILES string of the molecule is CCCC(C=N)CNC. The molecule has 2 nitrogen and oxygen atoms in total. The van der Waals surface area contributed by atoms with E-state index in [-0.39, 0.29) is 0 Å². The second-order valence-corrected chi connectivity index (χ2v) is 2.27. The third-order valence-electron chi connectivity index (χ3n) is 1.36. The molecule has 0 aliphatic heterocycles. The first-order chi connectivity index (χ1) is 4.35. The first kappa shape index (κ1) is 8.63. The summed E-state index contributed by atoms with van der Waals surface area (Å²) in [5, 5.41) is 10.1. The second-order valence-electron chi connectivity index (χ2n) is 2.27. The number of hydrogen-bond acceptors (Lipinski definition) is 2. The van der Waals surface area contributed by atoms with Gasteiger partial charge in [0, 0.05) is 12.5 Å². The smallest absolute Gasteiger partial charge is 0.00600 e. The predicted molar refractivity (Wildman–Crippen MR) is 41.1 cm³/mol. The zero-order valence-corrected chi connectivity index (χ0v) is 6.28. The van der Waals surface area contributed by atoms with Crippen molar-refractivity contribution < 1.29 is 0 Å². The van der Waals surface area contributed by atoms with Gasteiger partial charge in [-0.1, -0.05) is 13.3 Å². The molecule has 2 N–H and O–H groups in total. The van der Waals surface area contributed by atoms with Crippen LogP contribution in [0.3, 0.4) is 0 Å². The summed E-state index contributed by atoms with van der Waals surface area (Å²) in [7, 11) is 1.92. The van der Waals surface area contributed by atoms with Crippen LogP contribution in [0.1, 0.15) is 19.8 Å². The number of hydrogen-bond donors (Lipinski definition) is 2. The van der Waals surface area contributed by atoms with E-state index in [0.717, 1.165) is 13.0 Å². The summed E-state index contributed by atoms with van der Waals surface area (Å²) in [6, 6.07) is 0. The van der Waals surface area contributed by atoms with Gasteiger partial charge in [-0.2, -0.15) is 0 Å². The molecule has 0 heterocycles. The Labute approximate surface area is 57.2 Å². The van der Waals surface area contributed by atoms with E-state index < -0.39 is 0 Å². The van der Waals surface area contributed by atoms with Crippen LogP contribution >= 0.6 is 0 Å². The maximum Gasteiger partial charge on any atom is 0.00600 e. The van der Waals surface area contributed by atoms with Gasteiger partial charge < -0.3 is 10.7 Å². The third kappa shape index (κ3) is 4.15. The highest BCUT2D eigenvalue weighted by atomic mass is 14.8. The van der Waals surface area contributed by atoms with Crippen molar-refractivity contribution in [1.82, 2.24) is 5.32 Å². The van der Waals surface area contributed by atoms with E-state index in [9.17, 15) is 0 Å². The molecular weight excluding hydrogens is 112 g/mol. The first-order valence-electron chi connectivity index (χ1n) is 3.50. The molecule has 0 rings (SSSR count). The van der Waals surface area contributed by atoms with Gasteiger partial charge in [-0.3, -0.25) is 0 Å². The lowest BCUT2D eigenvalue weighted by Crippen LogP contribution is -2.19. The molecule has 0 aliphatic rings. The van der Waals surface area contributed by atoms with Crippen molar-refractivity contribution in [3.8, 4) is 0 Å². The van der Waals surface area contributed by atoms with E-state index in [2.05, 4.69) is 12.2 Å². The number of rotatable bonds is 5. The molecule has 0 aromatic rings. The molecule has 0 fully saturated rings. The Balaban J connectivity index is 3.29. The maximum atomic E-state index is 7.00. The quantitative estimate of drug-likeness (QED) is 0.537. The van der Waals surface area contributed by atoms with E-state index in [4.69, 9.17) is 5.41 Å². The van der Waals surface area contributed by atoms with Crippen LogP contribution in [0.4, 0.5) is 0 Å². The highest BCUT2D eigenvalue weighted by Gasteiger charge is 1.99. The third-order valence-corrected chi connectivity index (χ3v) is 1.36. The lowest BCUT2D eigenvalue weighted by atomic mass is 10.1. The van der Waals surface area contributed by atoms with Gasteiger partial charge in [0.05, 0.1) is 0 Å². The molecule has 0 radical (unpaired) electrons. The standard InChI is InChI=1S/C7H16N2/c1-3-4-7(5-8)6-9-2/h5,7-9H,3-4,6H2,1-2H3. The normalized spacial score (nSPS) is 13.1. The van der Waals surface area contributed by atoms with Crippen molar-refractivity contribution in [2.75, 3.05) is 13.6 Å². The van der Waals surface area contributed by atoms with Crippen LogP contribution in [-0.2, 0) is 0 Å². The number of nitrogens with one attached hydrogen (secondary N) is 2. The molecule has 0 amide bonds. The molecule has 0 aromatic carbocycles. The van der Waals surface area contributed by atoms with Crippen LogP contribution in [0.5, 0.6) is 0 Å². The highest BCUT2D eigenvalue weighted by Crippen LogP contribution is 2.00. The van der Waals surface area contributed by atoms with E-state index >= 15 is 0 Å². The zero-order chi connectivity index (χ0) is 7.11. The Bertz CT molecular complexity index is 65.3. The van der Waals surface area contributed by atoms with E-state index in [1.54, 1.807) is 0 Å². The van der Waals surface area contributed by atoms with Crippen molar-refractivity contribution in [2.45, 2.75) is 19.8 Å². The fourth-order valence-electron chi connectivity index (χ4n) is 0.877. The molecule has 0 spiro atoms. The van der Waals surface area contributed by atoms with Crippen molar-refractivity contribution in [2.24, 2.45) is 5.92 Å². The second kappa shape index (κ2) is 5.76. The Hall–Kier alpha value is -0.370. The first-order valence-corrected chi connectivity index (χ1v) is 3.50. The van der Waals surface area contributed by atoms with Crippen LogP contribution in [0.15, 0.2) is 0 Å². The molecular formula is C7H16N2. The average molecular weight is 128 g/mol. The van der Waals surface area contributed by atoms with Gasteiger partial charge in [-0.25, -0.2) is 0 Å². The van der Waals surface area contributed by atoms with Gasteiger partial charge in [0.2, 0.25) is 0 Å². The molecule has 2 heteroatoms. The van der Waals surface area contributed by atoms with Crippen molar-refractivity contribution in [3.63, 3.8) is 0 Å². The Morgan fingerprint density at radius 3 is 2.67 bits per heavy atom. The summed E-state index contributed by atoms with van der Waals surface area (Å²) in [6.07, 6.45) is 3.83. The Morgan fingerprint density at radius 1 is 1.67 bits per heavy atom. The largest absolute Gasteiger partial charge is 0.319 e. The summed E-state index contributed by atoms with van der Waals surface area (Å²) in [6.45, 7) is 3.09. The summed E-state index contributed by atoms with van der Waals surface area (Å²) in [5.41, 5.74) is 0.